The lowest BCUT2D eigenvalue weighted by molar-refractivity contribution is 0.0949. The number of para-hydroxylation sites is 2. The molecule has 0 bridgehead atoms. The molecule has 0 atom stereocenters. The summed E-state index contributed by atoms with van der Waals surface area (Å²) in [6.45, 7) is 5.34. The summed E-state index contributed by atoms with van der Waals surface area (Å²) < 4.78 is 4.15. The number of nitrogens with one attached hydrogen (secondary N) is 1. The molecule has 2 aromatic heterocycles. The number of nitrogens with zero attached hydrogens (tertiary/aromatic N) is 3. The zero-order valence-electron chi connectivity index (χ0n) is 15.5. The van der Waals surface area contributed by atoms with Crippen LogP contribution in [0.5, 0.6) is 0 Å². The lowest BCUT2D eigenvalue weighted by Gasteiger charge is -2.11. The Hall–Kier alpha value is -3.34. The van der Waals surface area contributed by atoms with Gasteiger partial charge in [0.15, 0.2) is 0 Å². The summed E-state index contributed by atoms with van der Waals surface area (Å²) >= 11 is 0. The summed E-state index contributed by atoms with van der Waals surface area (Å²) in [5, 5.41) is 3.01. The minimum absolute atomic E-state index is 0.0990. The van der Waals surface area contributed by atoms with Crippen LogP contribution < -0.4 is 5.32 Å². The largest absolute Gasteiger partial charge is 0.345 e. The molecule has 4 rings (SSSR count). The Morgan fingerprint density at radius 2 is 1.85 bits per heavy atom. The van der Waals surface area contributed by atoms with Crippen LogP contribution in [0, 0.1) is 6.92 Å². The van der Waals surface area contributed by atoms with E-state index in [4.69, 9.17) is 0 Å². The quantitative estimate of drug-likeness (QED) is 0.584. The Bertz CT molecular complexity index is 1090. The van der Waals surface area contributed by atoms with E-state index >= 15 is 0 Å². The van der Waals surface area contributed by atoms with Gasteiger partial charge in [-0.3, -0.25) is 4.79 Å². The first-order valence-electron chi connectivity index (χ1n) is 9.13. The summed E-state index contributed by atoms with van der Waals surface area (Å²) in [6, 6.07) is 17.7. The van der Waals surface area contributed by atoms with Crippen LogP contribution in [-0.4, -0.2) is 20.0 Å². The molecule has 0 unspecified atom stereocenters. The molecule has 5 nitrogen and oxygen atoms in total. The van der Waals surface area contributed by atoms with Gasteiger partial charge in [-0.1, -0.05) is 18.2 Å². The fraction of sp³-hybridized carbons (Fsp3) is 0.182. The van der Waals surface area contributed by atoms with Crippen molar-refractivity contribution in [3.63, 3.8) is 0 Å². The molecule has 2 heterocycles. The minimum Gasteiger partial charge on any atom is -0.345 e. The Morgan fingerprint density at radius 1 is 1.07 bits per heavy atom. The van der Waals surface area contributed by atoms with Crippen LogP contribution in [0.15, 0.2) is 67.0 Å². The normalized spacial score (nSPS) is 11.0. The second kappa shape index (κ2) is 7.11. The second-order valence-electron chi connectivity index (χ2n) is 6.54. The van der Waals surface area contributed by atoms with Crippen molar-refractivity contribution < 1.29 is 4.79 Å². The number of benzene rings is 2. The first-order valence-corrected chi connectivity index (χ1v) is 9.13. The number of amides is 1. The van der Waals surface area contributed by atoms with E-state index < -0.39 is 0 Å². The number of fused-ring (bicyclic) bond motifs is 1. The molecule has 4 aromatic rings. The lowest BCUT2D eigenvalue weighted by Crippen LogP contribution is -2.25. The number of carbonyl (C=O) groups is 1. The summed E-state index contributed by atoms with van der Waals surface area (Å²) in [6.07, 6.45) is 3.96. The van der Waals surface area contributed by atoms with E-state index in [0.29, 0.717) is 12.1 Å². The minimum atomic E-state index is -0.0990. The Labute approximate surface area is 158 Å². The third-order valence-corrected chi connectivity index (χ3v) is 4.81. The zero-order chi connectivity index (χ0) is 18.8. The van der Waals surface area contributed by atoms with E-state index in [0.717, 1.165) is 34.7 Å². The van der Waals surface area contributed by atoms with Crippen LogP contribution in [0.2, 0.25) is 0 Å². The van der Waals surface area contributed by atoms with Gasteiger partial charge in [-0.25, -0.2) is 4.98 Å². The van der Waals surface area contributed by atoms with Crippen LogP contribution in [0.4, 0.5) is 0 Å². The average molecular weight is 358 g/mol. The summed E-state index contributed by atoms with van der Waals surface area (Å²) in [4.78, 5) is 17.4. The fourth-order valence-electron chi connectivity index (χ4n) is 3.40. The van der Waals surface area contributed by atoms with Gasteiger partial charge in [-0.2, -0.15) is 0 Å². The van der Waals surface area contributed by atoms with Gasteiger partial charge in [0.1, 0.15) is 5.82 Å². The Morgan fingerprint density at radius 3 is 2.63 bits per heavy atom. The number of aryl methyl sites for hydroxylation is 2. The molecule has 136 valence electrons. The van der Waals surface area contributed by atoms with E-state index in [9.17, 15) is 4.79 Å². The first kappa shape index (κ1) is 17.1. The van der Waals surface area contributed by atoms with Gasteiger partial charge in [0.2, 0.25) is 0 Å². The Balaban J connectivity index is 1.56. The molecule has 0 saturated heterocycles. The number of hydrogen-bond acceptors (Lipinski definition) is 2. The monoisotopic (exact) mass is 358 g/mol. The van der Waals surface area contributed by atoms with E-state index in [1.807, 2.05) is 72.4 Å². The molecule has 5 heteroatoms. The highest BCUT2D eigenvalue weighted by molar-refractivity contribution is 5.94. The molecular weight excluding hydrogens is 336 g/mol. The van der Waals surface area contributed by atoms with Crippen LogP contribution in [0.1, 0.15) is 28.7 Å². The van der Waals surface area contributed by atoms with Crippen LogP contribution in [-0.2, 0) is 13.1 Å². The third-order valence-electron chi connectivity index (χ3n) is 4.81. The molecule has 1 N–H and O–H groups in total. The number of hydrogen-bond donors (Lipinski definition) is 1. The molecule has 0 fully saturated rings. The topological polar surface area (TPSA) is 51.9 Å². The van der Waals surface area contributed by atoms with E-state index in [1.54, 1.807) is 0 Å². The van der Waals surface area contributed by atoms with Gasteiger partial charge >= 0.3 is 0 Å². The molecule has 1 amide bonds. The number of rotatable bonds is 5. The second-order valence-corrected chi connectivity index (χ2v) is 6.54. The van der Waals surface area contributed by atoms with Crippen LogP contribution >= 0.6 is 0 Å². The molecule has 0 spiro atoms. The zero-order valence-corrected chi connectivity index (χ0v) is 15.5. The predicted octanol–water partition coefficient (Wildman–Crippen LogP) is 4.09. The van der Waals surface area contributed by atoms with Crippen molar-refractivity contribution >= 4 is 16.9 Å². The van der Waals surface area contributed by atoms with Gasteiger partial charge in [-0.15, -0.1) is 0 Å². The maximum atomic E-state index is 12.7. The molecule has 0 aliphatic carbocycles. The van der Waals surface area contributed by atoms with E-state index in [-0.39, 0.29) is 5.91 Å². The molecule has 0 aliphatic heterocycles. The smallest absolute Gasteiger partial charge is 0.251 e. The van der Waals surface area contributed by atoms with Crippen molar-refractivity contribution in [2.24, 2.45) is 0 Å². The van der Waals surface area contributed by atoms with Gasteiger partial charge in [0, 0.05) is 30.2 Å². The molecule has 0 radical (unpaired) electrons. The van der Waals surface area contributed by atoms with Crippen molar-refractivity contribution in [3.05, 3.63) is 83.9 Å². The highest BCUT2D eigenvalue weighted by Crippen LogP contribution is 2.18. The van der Waals surface area contributed by atoms with Crippen molar-refractivity contribution in [3.8, 4) is 5.69 Å². The first-order chi connectivity index (χ1) is 13.2. The van der Waals surface area contributed by atoms with Crippen molar-refractivity contribution in [2.45, 2.75) is 26.9 Å². The van der Waals surface area contributed by atoms with Crippen molar-refractivity contribution in [2.75, 3.05) is 0 Å². The lowest BCUT2D eigenvalue weighted by atomic mass is 10.1. The van der Waals surface area contributed by atoms with E-state index in [1.165, 1.54) is 0 Å². The van der Waals surface area contributed by atoms with Gasteiger partial charge in [-0.05, 0) is 55.8 Å². The molecule has 2 aromatic carbocycles. The molecule has 0 saturated carbocycles. The van der Waals surface area contributed by atoms with Gasteiger partial charge < -0.3 is 14.5 Å². The van der Waals surface area contributed by atoms with Crippen molar-refractivity contribution in [1.82, 2.24) is 19.4 Å². The summed E-state index contributed by atoms with van der Waals surface area (Å²) in [7, 11) is 0. The van der Waals surface area contributed by atoms with E-state index in [2.05, 4.69) is 27.9 Å². The summed E-state index contributed by atoms with van der Waals surface area (Å²) in [5.41, 5.74) is 4.82. The maximum Gasteiger partial charge on any atom is 0.251 e. The van der Waals surface area contributed by atoms with Gasteiger partial charge in [0.25, 0.3) is 5.91 Å². The van der Waals surface area contributed by atoms with Crippen LogP contribution in [0.3, 0.4) is 0 Å². The average Bonchev–Trinajstić information content (AvgIpc) is 3.33. The SMILES string of the molecule is CCn1c(CNC(=O)c2ccc(C)c(-n3cccc3)c2)nc2ccccc21. The van der Waals surface area contributed by atoms with Crippen molar-refractivity contribution in [1.29, 1.82) is 0 Å². The fourth-order valence-corrected chi connectivity index (χ4v) is 3.40. The molecular formula is C22H22N4O. The molecule has 0 aliphatic rings. The standard InChI is InChI=1S/C22H22N4O/c1-3-26-19-9-5-4-8-18(19)24-21(26)15-23-22(27)17-11-10-16(2)20(14-17)25-12-6-7-13-25/h4-14H,3,15H2,1-2H3,(H,23,27). The highest BCUT2D eigenvalue weighted by Gasteiger charge is 2.12. The Kier molecular flexibility index (Phi) is 4.50. The summed E-state index contributed by atoms with van der Waals surface area (Å²) in [5.74, 6) is 0.767. The molecule has 27 heavy (non-hydrogen) atoms. The number of carbonyl (C=O) groups excluding carboxylic acids is 1. The van der Waals surface area contributed by atoms with Crippen LogP contribution in [0.25, 0.3) is 16.7 Å². The predicted molar refractivity (Wildman–Crippen MR) is 107 cm³/mol. The highest BCUT2D eigenvalue weighted by atomic mass is 16.1. The van der Waals surface area contributed by atoms with Gasteiger partial charge in [0.05, 0.1) is 17.6 Å². The number of imidazole rings is 1. The maximum absolute atomic E-state index is 12.7. The number of aromatic nitrogens is 3. The third kappa shape index (κ3) is 3.24.